The third kappa shape index (κ3) is 3.96. The third-order valence-electron chi connectivity index (χ3n) is 3.88. The molecule has 0 radical (unpaired) electrons. The molecule has 0 amide bonds. The van der Waals surface area contributed by atoms with Crippen molar-refractivity contribution in [3.05, 3.63) is 0 Å². The van der Waals surface area contributed by atoms with E-state index in [1.54, 1.807) is 6.92 Å². The Bertz CT molecular complexity index is 283. The van der Waals surface area contributed by atoms with Crippen LogP contribution in [0.2, 0.25) is 0 Å². The Hall–Kier alpha value is -0.610. The van der Waals surface area contributed by atoms with E-state index in [2.05, 4.69) is 4.90 Å². The van der Waals surface area contributed by atoms with Gasteiger partial charge in [0.25, 0.3) is 0 Å². The van der Waals surface area contributed by atoms with Crippen molar-refractivity contribution in [1.82, 2.24) is 4.90 Å². The van der Waals surface area contributed by atoms with Crippen LogP contribution in [0, 0.1) is 5.92 Å². The number of nitrogens with zero attached hydrogens (tertiary/aromatic N) is 1. The molecule has 2 aliphatic carbocycles. The van der Waals surface area contributed by atoms with Crippen LogP contribution in [0.4, 0.5) is 0 Å². The predicted molar refractivity (Wildman–Crippen MR) is 66.8 cm³/mol. The van der Waals surface area contributed by atoms with Crippen LogP contribution in [0.1, 0.15) is 45.4 Å². The van der Waals surface area contributed by atoms with Gasteiger partial charge in [-0.2, -0.15) is 0 Å². The Balaban J connectivity index is 1.69. The van der Waals surface area contributed by atoms with E-state index in [0.29, 0.717) is 6.42 Å². The molecule has 4 heteroatoms. The Labute approximate surface area is 103 Å². The summed E-state index contributed by atoms with van der Waals surface area (Å²) in [7, 11) is 0. The molecular formula is C13H24N2O2. The van der Waals surface area contributed by atoms with Gasteiger partial charge in [-0.1, -0.05) is 0 Å². The molecule has 2 fully saturated rings. The maximum atomic E-state index is 10.9. The molecule has 0 aromatic heterocycles. The lowest BCUT2D eigenvalue weighted by Crippen LogP contribution is -2.45. The van der Waals surface area contributed by atoms with Gasteiger partial charge in [-0.15, -0.1) is 0 Å². The smallest absolute Gasteiger partial charge is 0.323 e. The van der Waals surface area contributed by atoms with Gasteiger partial charge < -0.3 is 15.7 Å². The lowest BCUT2D eigenvalue weighted by molar-refractivity contribution is -0.142. The standard InChI is InChI=1S/C13H24N2O2/c1-13(14,12(16)17)7-2-8-15(11-5-6-11)9-10-3-4-10/h10-11H,2-9,14H2,1H3,(H,16,17). The zero-order chi connectivity index (χ0) is 12.5. The van der Waals surface area contributed by atoms with Crippen molar-refractivity contribution in [2.75, 3.05) is 13.1 Å². The molecule has 1 atom stereocenters. The summed E-state index contributed by atoms with van der Waals surface area (Å²) >= 11 is 0. The molecule has 98 valence electrons. The second kappa shape index (κ2) is 4.94. The predicted octanol–water partition coefficient (Wildman–Crippen LogP) is 1.44. The van der Waals surface area contributed by atoms with Crippen LogP contribution in [0.3, 0.4) is 0 Å². The fraction of sp³-hybridized carbons (Fsp3) is 0.923. The lowest BCUT2D eigenvalue weighted by atomic mass is 9.97. The van der Waals surface area contributed by atoms with E-state index < -0.39 is 11.5 Å². The van der Waals surface area contributed by atoms with Crippen molar-refractivity contribution in [2.24, 2.45) is 11.7 Å². The number of nitrogens with two attached hydrogens (primary N) is 1. The largest absolute Gasteiger partial charge is 0.480 e. The molecule has 0 heterocycles. The summed E-state index contributed by atoms with van der Waals surface area (Å²) in [6, 6.07) is 0.782. The molecule has 2 rings (SSSR count). The Kier molecular flexibility index (Phi) is 3.73. The lowest BCUT2D eigenvalue weighted by Gasteiger charge is -2.24. The molecule has 0 aliphatic heterocycles. The van der Waals surface area contributed by atoms with Gasteiger partial charge in [0.15, 0.2) is 0 Å². The monoisotopic (exact) mass is 240 g/mol. The highest BCUT2D eigenvalue weighted by atomic mass is 16.4. The Morgan fingerprint density at radius 1 is 1.41 bits per heavy atom. The molecule has 2 saturated carbocycles. The summed E-state index contributed by atoms with van der Waals surface area (Å²) in [6.45, 7) is 3.85. The number of carboxylic acid groups (broad SMARTS) is 1. The highest BCUT2D eigenvalue weighted by Crippen LogP contribution is 2.35. The van der Waals surface area contributed by atoms with Crippen molar-refractivity contribution in [2.45, 2.75) is 57.0 Å². The molecule has 3 N–H and O–H groups in total. The number of hydrogen-bond acceptors (Lipinski definition) is 3. The molecule has 0 spiro atoms. The summed E-state index contributed by atoms with van der Waals surface area (Å²) in [5.74, 6) is 0.0250. The van der Waals surface area contributed by atoms with Crippen LogP contribution in [0.25, 0.3) is 0 Å². The second-order valence-corrected chi connectivity index (χ2v) is 6.00. The van der Waals surface area contributed by atoms with E-state index in [1.165, 1.54) is 32.2 Å². The first-order valence-corrected chi connectivity index (χ1v) is 6.75. The molecule has 0 aromatic rings. The van der Waals surface area contributed by atoms with Gasteiger partial charge in [-0.25, -0.2) is 0 Å². The van der Waals surface area contributed by atoms with Crippen LogP contribution >= 0.6 is 0 Å². The number of carbonyl (C=O) groups is 1. The van der Waals surface area contributed by atoms with Crippen molar-refractivity contribution < 1.29 is 9.90 Å². The van der Waals surface area contributed by atoms with Crippen LogP contribution in [-0.4, -0.2) is 40.6 Å². The van der Waals surface area contributed by atoms with Gasteiger partial charge >= 0.3 is 5.97 Å². The van der Waals surface area contributed by atoms with E-state index in [-0.39, 0.29) is 0 Å². The zero-order valence-electron chi connectivity index (χ0n) is 10.7. The minimum Gasteiger partial charge on any atom is -0.480 e. The summed E-state index contributed by atoms with van der Waals surface area (Å²) in [5, 5.41) is 8.94. The first-order valence-electron chi connectivity index (χ1n) is 6.75. The van der Waals surface area contributed by atoms with Gasteiger partial charge in [0, 0.05) is 12.6 Å². The number of aliphatic carboxylic acids is 1. The van der Waals surface area contributed by atoms with Crippen molar-refractivity contribution in [3.8, 4) is 0 Å². The SMILES string of the molecule is CC(N)(CCCN(CC1CC1)C1CC1)C(=O)O. The Morgan fingerprint density at radius 2 is 2.06 bits per heavy atom. The average molecular weight is 240 g/mol. The maximum Gasteiger partial charge on any atom is 0.323 e. The van der Waals surface area contributed by atoms with Gasteiger partial charge in [0.2, 0.25) is 0 Å². The first-order chi connectivity index (χ1) is 7.99. The zero-order valence-corrected chi connectivity index (χ0v) is 10.7. The molecule has 0 saturated heterocycles. The van der Waals surface area contributed by atoms with Gasteiger partial charge in [-0.3, -0.25) is 4.79 Å². The summed E-state index contributed by atoms with van der Waals surface area (Å²) in [6.07, 6.45) is 6.87. The fourth-order valence-electron chi connectivity index (χ4n) is 2.25. The molecule has 0 aromatic carbocycles. The highest BCUT2D eigenvalue weighted by Gasteiger charge is 2.34. The van der Waals surface area contributed by atoms with E-state index in [0.717, 1.165) is 24.9 Å². The van der Waals surface area contributed by atoms with Crippen molar-refractivity contribution in [3.63, 3.8) is 0 Å². The second-order valence-electron chi connectivity index (χ2n) is 6.00. The van der Waals surface area contributed by atoms with Gasteiger partial charge in [0.05, 0.1) is 0 Å². The Morgan fingerprint density at radius 3 is 2.53 bits per heavy atom. The van der Waals surface area contributed by atoms with E-state index >= 15 is 0 Å². The van der Waals surface area contributed by atoms with Crippen LogP contribution in [-0.2, 0) is 4.79 Å². The summed E-state index contributed by atoms with van der Waals surface area (Å²) in [5.41, 5.74) is 4.67. The minimum atomic E-state index is -1.06. The number of rotatable bonds is 8. The normalized spacial score (nSPS) is 23.7. The quantitative estimate of drug-likeness (QED) is 0.674. The molecule has 1 unspecified atom stereocenters. The minimum absolute atomic E-state index is 0.566. The van der Waals surface area contributed by atoms with E-state index in [1.807, 2.05) is 0 Å². The average Bonchev–Trinajstić information content (AvgIpc) is 3.10. The highest BCUT2D eigenvalue weighted by molar-refractivity contribution is 5.77. The molecule has 17 heavy (non-hydrogen) atoms. The molecule has 2 aliphatic rings. The van der Waals surface area contributed by atoms with Crippen LogP contribution < -0.4 is 5.73 Å². The first kappa shape index (κ1) is 12.8. The van der Waals surface area contributed by atoms with Crippen molar-refractivity contribution >= 4 is 5.97 Å². The van der Waals surface area contributed by atoms with E-state index in [9.17, 15) is 4.79 Å². The number of hydrogen-bond donors (Lipinski definition) is 2. The van der Waals surface area contributed by atoms with Crippen molar-refractivity contribution in [1.29, 1.82) is 0 Å². The molecule has 4 nitrogen and oxygen atoms in total. The summed E-state index contributed by atoms with van der Waals surface area (Å²) < 4.78 is 0. The molecule has 0 bridgehead atoms. The fourth-order valence-corrected chi connectivity index (χ4v) is 2.25. The summed E-state index contributed by atoms with van der Waals surface area (Å²) in [4.78, 5) is 13.4. The topological polar surface area (TPSA) is 66.6 Å². The third-order valence-corrected chi connectivity index (χ3v) is 3.88. The van der Waals surface area contributed by atoms with Gasteiger partial charge in [0.1, 0.15) is 5.54 Å². The van der Waals surface area contributed by atoms with Crippen LogP contribution in [0.15, 0.2) is 0 Å². The number of carboxylic acids is 1. The van der Waals surface area contributed by atoms with Gasteiger partial charge in [-0.05, 0) is 57.9 Å². The maximum absolute atomic E-state index is 10.9. The van der Waals surface area contributed by atoms with Crippen LogP contribution in [0.5, 0.6) is 0 Å². The van der Waals surface area contributed by atoms with E-state index in [4.69, 9.17) is 10.8 Å². The molecular weight excluding hydrogens is 216 g/mol.